The average molecular weight is 160 g/mol. The lowest BCUT2D eigenvalue weighted by molar-refractivity contribution is 1.03. The summed E-state index contributed by atoms with van der Waals surface area (Å²) in [5, 5.41) is 7.27. The van der Waals surface area contributed by atoms with Gasteiger partial charge in [0.25, 0.3) is 0 Å². The summed E-state index contributed by atoms with van der Waals surface area (Å²) in [5.41, 5.74) is 6.73. The molecule has 0 spiro atoms. The molecule has 0 radical (unpaired) electrons. The summed E-state index contributed by atoms with van der Waals surface area (Å²) in [6, 6.07) is 10.3. The Kier molecular flexibility index (Phi) is 1.61. The van der Waals surface area contributed by atoms with Gasteiger partial charge >= 0.3 is 0 Å². The molecule has 1 fully saturated rings. The Morgan fingerprint density at radius 1 is 1.33 bits per heavy atom. The van der Waals surface area contributed by atoms with Gasteiger partial charge in [-0.25, -0.2) is 0 Å². The molecule has 0 heterocycles. The van der Waals surface area contributed by atoms with E-state index in [2.05, 4.69) is 12.1 Å². The number of rotatable bonds is 2. The van der Waals surface area contributed by atoms with Gasteiger partial charge in [-0.05, 0) is 17.9 Å². The van der Waals surface area contributed by atoms with Crippen LogP contribution in [0.15, 0.2) is 30.3 Å². The molecule has 1 aliphatic rings. The molecule has 62 valence electrons. The molecule has 0 saturated heterocycles. The van der Waals surface area contributed by atoms with Gasteiger partial charge in [-0.15, -0.1) is 0 Å². The number of amidine groups is 1. The van der Waals surface area contributed by atoms with E-state index in [0.29, 0.717) is 17.7 Å². The van der Waals surface area contributed by atoms with Crippen molar-refractivity contribution in [1.29, 1.82) is 5.41 Å². The molecule has 12 heavy (non-hydrogen) atoms. The Morgan fingerprint density at radius 3 is 2.50 bits per heavy atom. The molecule has 1 aromatic rings. The van der Waals surface area contributed by atoms with Gasteiger partial charge in [-0.1, -0.05) is 30.3 Å². The maximum absolute atomic E-state index is 7.27. The molecule has 0 aromatic heterocycles. The quantitative estimate of drug-likeness (QED) is 0.502. The average Bonchev–Trinajstić information content (AvgIpc) is 2.84. The Morgan fingerprint density at radius 2 is 2.00 bits per heavy atom. The minimum Gasteiger partial charge on any atom is -0.387 e. The molecular weight excluding hydrogens is 148 g/mol. The van der Waals surface area contributed by atoms with Crippen molar-refractivity contribution in [3.8, 4) is 0 Å². The molecule has 0 aliphatic heterocycles. The van der Waals surface area contributed by atoms with Crippen molar-refractivity contribution in [2.45, 2.75) is 12.3 Å². The van der Waals surface area contributed by atoms with Gasteiger partial charge < -0.3 is 5.73 Å². The summed E-state index contributed by atoms with van der Waals surface area (Å²) in [6.07, 6.45) is 1.05. The molecule has 3 N–H and O–H groups in total. The van der Waals surface area contributed by atoms with Crippen LogP contribution in [0, 0.1) is 11.3 Å². The maximum atomic E-state index is 7.27. The third kappa shape index (κ3) is 1.20. The lowest BCUT2D eigenvalue weighted by Crippen LogP contribution is -2.12. The van der Waals surface area contributed by atoms with E-state index in [0.717, 1.165) is 6.42 Å². The first kappa shape index (κ1) is 7.35. The molecule has 1 saturated carbocycles. The van der Waals surface area contributed by atoms with Gasteiger partial charge in [0.15, 0.2) is 0 Å². The molecule has 0 bridgehead atoms. The zero-order valence-corrected chi connectivity index (χ0v) is 6.83. The molecule has 1 aromatic carbocycles. The van der Waals surface area contributed by atoms with Crippen molar-refractivity contribution in [3.05, 3.63) is 35.9 Å². The fourth-order valence-electron chi connectivity index (χ4n) is 1.61. The van der Waals surface area contributed by atoms with Crippen molar-refractivity contribution in [2.24, 2.45) is 11.7 Å². The van der Waals surface area contributed by atoms with Crippen molar-refractivity contribution in [3.63, 3.8) is 0 Å². The molecule has 0 unspecified atom stereocenters. The molecule has 2 nitrogen and oxygen atoms in total. The summed E-state index contributed by atoms with van der Waals surface area (Å²) < 4.78 is 0. The van der Waals surface area contributed by atoms with Crippen molar-refractivity contribution < 1.29 is 0 Å². The molecular formula is C10H12N2. The third-order valence-electron chi connectivity index (χ3n) is 2.42. The lowest BCUT2D eigenvalue weighted by atomic mass is 10.1. The number of benzene rings is 1. The van der Waals surface area contributed by atoms with Crippen LogP contribution in [-0.2, 0) is 0 Å². The third-order valence-corrected chi connectivity index (χ3v) is 2.42. The molecule has 2 atom stereocenters. The van der Waals surface area contributed by atoms with Crippen LogP contribution >= 0.6 is 0 Å². The van der Waals surface area contributed by atoms with Gasteiger partial charge in [0.1, 0.15) is 0 Å². The van der Waals surface area contributed by atoms with E-state index < -0.39 is 0 Å². The predicted octanol–water partition coefficient (Wildman–Crippen LogP) is 1.73. The smallest absolute Gasteiger partial charge is 0.0943 e. The van der Waals surface area contributed by atoms with Crippen LogP contribution in [0.4, 0.5) is 0 Å². The largest absolute Gasteiger partial charge is 0.387 e. The van der Waals surface area contributed by atoms with Crippen LogP contribution in [0.1, 0.15) is 17.9 Å². The highest BCUT2D eigenvalue weighted by Gasteiger charge is 2.40. The van der Waals surface area contributed by atoms with Gasteiger partial charge in [0.05, 0.1) is 5.84 Å². The second-order valence-corrected chi connectivity index (χ2v) is 3.31. The van der Waals surface area contributed by atoms with E-state index in [1.165, 1.54) is 5.56 Å². The van der Waals surface area contributed by atoms with E-state index in [-0.39, 0.29) is 0 Å². The van der Waals surface area contributed by atoms with E-state index in [4.69, 9.17) is 11.1 Å². The van der Waals surface area contributed by atoms with E-state index in [9.17, 15) is 0 Å². The van der Waals surface area contributed by atoms with E-state index in [1.807, 2.05) is 18.2 Å². The minimum absolute atomic E-state index is 0.312. The molecule has 1 aliphatic carbocycles. The standard InChI is InChI=1S/C10H12N2/c11-10(12)9-6-8(9)7-4-2-1-3-5-7/h1-5,8-9H,6H2,(H3,11,12)/t8-,9+/m0/s1. The normalized spacial score (nSPS) is 26.7. The lowest BCUT2D eigenvalue weighted by Gasteiger charge is -1.97. The number of hydrogen-bond acceptors (Lipinski definition) is 1. The second kappa shape index (κ2) is 2.63. The maximum Gasteiger partial charge on any atom is 0.0943 e. The second-order valence-electron chi connectivity index (χ2n) is 3.31. The fourth-order valence-corrected chi connectivity index (χ4v) is 1.61. The first-order chi connectivity index (χ1) is 5.79. The number of nitrogens with two attached hydrogens (primary N) is 1. The summed E-state index contributed by atoms with van der Waals surface area (Å²) in [6.45, 7) is 0. The summed E-state index contributed by atoms with van der Waals surface area (Å²) in [5.74, 6) is 1.17. The fraction of sp³-hybridized carbons (Fsp3) is 0.300. The van der Waals surface area contributed by atoms with Crippen LogP contribution in [0.2, 0.25) is 0 Å². The summed E-state index contributed by atoms with van der Waals surface area (Å²) in [7, 11) is 0. The van der Waals surface area contributed by atoms with Gasteiger partial charge in [0.2, 0.25) is 0 Å². The van der Waals surface area contributed by atoms with Crippen LogP contribution in [0.3, 0.4) is 0 Å². The monoisotopic (exact) mass is 160 g/mol. The highest BCUT2D eigenvalue weighted by molar-refractivity contribution is 5.83. The first-order valence-corrected chi connectivity index (χ1v) is 4.18. The van der Waals surface area contributed by atoms with E-state index in [1.54, 1.807) is 0 Å². The van der Waals surface area contributed by atoms with Gasteiger partial charge in [-0.2, -0.15) is 0 Å². The Hall–Kier alpha value is -1.31. The number of nitrogens with one attached hydrogen (secondary N) is 1. The Labute approximate surface area is 71.9 Å². The zero-order chi connectivity index (χ0) is 8.55. The Balaban J connectivity index is 2.11. The van der Waals surface area contributed by atoms with Crippen LogP contribution in [-0.4, -0.2) is 5.84 Å². The Bertz CT molecular complexity index is 292. The minimum atomic E-state index is 0.312. The van der Waals surface area contributed by atoms with Crippen molar-refractivity contribution in [2.75, 3.05) is 0 Å². The molecule has 2 heteroatoms. The molecule has 2 rings (SSSR count). The van der Waals surface area contributed by atoms with Crippen LogP contribution < -0.4 is 5.73 Å². The SMILES string of the molecule is N=C(N)[C@@H]1C[C@H]1c1ccccc1. The van der Waals surface area contributed by atoms with Crippen LogP contribution in [0.25, 0.3) is 0 Å². The zero-order valence-electron chi connectivity index (χ0n) is 6.83. The predicted molar refractivity (Wildman–Crippen MR) is 49.2 cm³/mol. The number of hydrogen-bond donors (Lipinski definition) is 2. The molecule has 0 amide bonds. The van der Waals surface area contributed by atoms with Crippen molar-refractivity contribution >= 4 is 5.84 Å². The van der Waals surface area contributed by atoms with Crippen molar-refractivity contribution in [1.82, 2.24) is 0 Å². The van der Waals surface area contributed by atoms with Crippen LogP contribution in [0.5, 0.6) is 0 Å². The highest BCUT2D eigenvalue weighted by Crippen LogP contribution is 2.46. The highest BCUT2D eigenvalue weighted by atomic mass is 14.8. The van der Waals surface area contributed by atoms with E-state index >= 15 is 0 Å². The first-order valence-electron chi connectivity index (χ1n) is 4.18. The van der Waals surface area contributed by atoms with Gasteiger partial charge in [-0.3, -0.25) is 5.41 Å². The summed E-state index contributed by atoms with van der Waals surface area (Å²) in [4.78, 5) is 0. The topological polar surface area (TPSA) is 49.9 Å². The summed E-state index contributed by atoms with van der Waals surface area (Å²) >= 11 is 0. The van der Waals surface area contributed by atoms with Gasteiger partial charge in [0, 0.05) is 5.92 Å².